The molecule has 0 fully saturated rings. The van der Waals surface area contributed by atoms with Crippen molar-refractivity contribution in [2.24, 2.45) is 0 Å². The molecular formula is C11H13Br2NO. The molecule has 1 rings (SSSR count). The van der Waals surface area contributed by atoms with Gasteiger partial charge >= 0.3 is 0 Å². The zero-order valence-corrected chi connectivity index (χ0v) is 11.5. The molecule has 1 aromatic carbocycles. The van der Waals surface area contributed by atoms with E-state index in [-0.39, 0.29) is 5.91 Å². The van der Waals surface area contributed by atoms with Crippen LogP contribution in [0.2, 0.25) is 0 Å². The minimum atomic E-state index is 0.0778. The highest BCUT2D eigenvalue weighted by Crippen LogP contribution is 2.11. The summed E-state index contributed by atoms with van der Waals surface area (Å²) in [7, 11) is 0. The number of nitrogens with one attached hydrogen (secondary N) is 1. The summed E-state index contributed by atoms with van der Waals surface area (Å²) in [5.74, 6) is 0.0778. The fourth-order valence-corrected chi connectivity index (χ4v) is 1.92. The van der Waals surface area contributed by atoms with Crippen LogP contribution in [0.25, 0.3) is 0 Å². The van der Waals surface area contributed by atoms with Gasteiger partial charge in [-0.25, -0.2) is 0 Å². The first-order valence-electron chi connectivity index (χ1n) is 4.79. The van der Waals surface area contributed by atoms with Gasteiger partial charge < -0.3 is 5.32 Å². The molecule has 0 saturated heterocycles. The lowest BCUT2D eigenvalue weighted by Crippen LogP contribution is -2.26. The van der Waals surface area contributed by atoms with Crippen LogP contribution in [0.5, 0.6) is 0 Å². The van der Waals surface area contributed by atoms with E-state index in [2.05, 4.69) is 37.2 Å². The van der Waals surface area contributed by atoms with Crippen LogP contribution in [0.15, 0.2) is 28.7 Å². The summed E-state index contributed by atoms with van der Waals surface area (Å²) in [4.78, 5) is 11.5. The van der Waals surface area contributed by atoms with Crippen molar-refractivity contribution in [1.82, 2.24) is 5.32 Å². The molecule has 0 heterocycles. The van der Waals surface area contributed by atoms with E-state index in [9.17, 15) is 4.79 Å². The molecule has 0 aliphatic rings. The SMILES string of the molecule is O=C(Cc1cccc(Br)c1)NCCCBr. The highest BCUT2D eigenvalue weighted by atomic mass is 79.9. The van der Waals surface area contributed by atoms with Crippen molar-refractivity contribution >= 4 is 37.8 Å². The molecule has 1 N–H and O–H groups in total. The van der Waals surface area contributed by atoms with Crippen LogP contribution >= 0.6 is 31.9 Å². The quantitative estimate of drug-likeness (QED) is 0.651. The van der Waals surface area contributed by atoms with E-state index in [4.69, 9.17) is 0 Å². The highest BCUT2D eigenvalue weighted by Gasteiger charge is 2.02. The van der Waals surface area contributed by atoms with Gasteiger partial charge in [-0.15, -0.1) is 0 Å². The van der Waals surface area contributed by atoms with Gasteiger partial charge in [-0.05, 0) is 24.1 Å². The maximum Gasteiger partial charge on any atom is 0.224 e. The van der Waals surface area contributed by atoms with Crippen LogP contribution in [0.3, 0.4) is 0 Å². The smallest absolute Gasteiger partial charge is 0.224 e. The second-order valence-electron chi connectivity index (χ2n) is 3.20. The normalized spacial score (nSPS) is 10.0. The Morgan fingerprint density at radius 2 is 2.20 bits per heavy atom. The van der Waals surface area contributed by atoms with Crippen LogP contribution in [0, 0.1) is 0 Å². The van der Waals surface area contributed by atoms with Gasteiger partial charge in [0.05, 0.1) is 6.42 Å². The molecule has 0 aromatic heterocycles. The Labute approximate surface area is 107 Å². The summed E-state index contributed by atoms with van der Waals surface area (Å²) in [6.45, 7) is 0.734. The lowest BCUT2D eigenvalue weighted by Gasteiger charge is -2.04. The molecule has 15 heavy (non-hydrogen) atoms. The number of carbonyl (C=O) groups excluding carboxylic acids is 1. The molecule has 0 bridgehead atoms. The van der Waals surface area contributed by atoms with Gasteiger partial charge in [0.15, 0.2) is 0 Å². The summed E-state index contributed by atoms with van der Waals surface area (Å²) in [5, 5.41) is 3.79. The first kappa shape index (κ1) is 12.7. The average Bonchev–Trinajstić information content (AvgIpc) is 2.18. The summed E-state index contributed by atoms with van der Waals surface area (Å²) >= 11 is 6.70. The van der Waals surface area contributed by atoms with E-state index in [0.29, 0.717) is 6.42 Å². The molecule has 0 aliphatic carbocycles. The van der Waals surface area contributed by atoms with Crippen molar-refractivity contribution in [2.45, 2.75) is 12.8 Å². The number of hydrogen-bond acceptors (Lipinski definition) is 1. The van der Waals surface area contributed by atoms with E-state index in [1.54, 1.807) is 0 Å². The van der Waals surface area contributed by atoms with Crippen LogP contribution in [0.1, 0.15) is 12.0 Å². The third kappa shape index (κ3) is 5.33. The average molecular weight is 335 g/mol. The summed E-state index contributed by atoms with van der Waals surface area (Å²) in [5.41, 5.74) is 1.03. The number of amides is 1. The van der Waals surface area contributed by atoms with Gasteiger partial charge in [-0.3, -0.25) is 4.79 Å². The second-order valence-corrected chi connectivity index (χ2v) is 4.91. The molecule has 1 amide bonds. The first-order valence-corrected chi connectivity index (χ1v) is 6.71. The van der Waals surface area contributed by atoms with Gasteiger partial charge in [-0.1, -0.05) is 44.0 Å². The molecule has 0 unspecified atom stereocenters. The second kappa shape index (κ2) is 7.01. The standard InChI is InChI=1S/C11H13Br2NO/c12-5-2-6-14-11(15)8-9-3-1-4-10(13)7-9/h1,3-4,7H,2,5-6,8H2,(H,14,15). The third-order valence-electron chi connectivity index (χ3n) is 1.89. The van der Waals surface area contributed by atoms with E-state index in [0.717, 1.165) is 28.3 Å². The zero-order chi connectivity index (χ0) is 11.1. The number of alkyl halides is 1. The van der Waals surface area contributed by atoms with Crippen molar-refractivity contribution < 1.29 is 4.79 Å². The monoisotopic (exact) mass is 333 g/mol. The maximum atomic E-state index is 11.5. The Hall–Kier alpha value is -0.350. The van der Waals surface area contributed by atoms with E-state index < -0.39 is 0 Å². The van der Waals surface area contributed by atoms with Crippen LogP contribution in [-0.4, -0.2) is 17.8 Å². The van der Waals surface area contributed by atoms with Gasteiger partial charge in [0.2, 0.25) is 5.91 Å². The Bertz CT molecular complexity index is 328. The molecule has 0 atom stereocenters. The first-order chi connectivity index (χ1) is 7.22. The third-order valence-corrected chi connectivity index (χ3v) is 2.94. The van der Waals surface area contributed by atoms with Crippen LogP contribution in [-0.2, 0) is 11.2 Å². The maximum absolute atomic E-state index is 11.5. The molecule has 0 spiro atoms. The molecule has 0 aliphatic heterocycles. The van der Waals surface area contributed by atoms with Gasteiger partial charge in [0.1, 0.15) is 0 Å². The largest absolute Gasteiger partial charge is 0.356 e. The highest BCUT2D eigenvalue weighted by molar-refractivity contribution is 9.10. The minimum Gasteiger partial charge on any atom is -0.356 e. The summed E-state index contributed by atoms with van der Waals surface area (Å²) in [6.07, 6.45) is 1.41. The Morgan fingerprint density at radius 1 is 1.40 bits per heavy atom. The van der Waals surface area contributed by atoms with Crippen LogP contribution in [0.4, 0.5) is 0 Å². The van der Waals surface area contributed by atoms with Crippen molar-refractivity contribution in [3.63, 3.8) is 0 Å². The van der Waals surface area contributed by atoms with Crippen molar-refractivity contribution in [1.29, 1.82) is 0 Å². The number of hydrogen-bond donors (Lipinski definition) is 1. The minimum absolute atomic E-state index is 0.0778. The van der Waals surface area contributed by atoms with E-state index >= 15 is 0 Å². The lowest BCUT2D eigenvalue weighted by atomic mass is 10.1. The molecule has 0 radical (unpaired) electrons. The van der Waals surface area contributed by atoms with Gasteiger partial charge in [0, 0.05) is 16.3 Å². The summed E-state index contributed by atoms with van der Waals surface area (Å²) < 4.78 is 1.01. The fourth-order valence-electron chi connectivity index (χ4n) is 1.19. The zero-order valence-electron chi connectivity index (χ0n) is 8.30. The van der Waals surface area contributed by atoms with E-state index in [1.807, 2.05) is 24.3 Å². The molecule has 0 saturated carbocycles. The lowest BCUT2D eigenvalue weighted by molar-refractivity contribution is -0.120. The van der Waals surface area contributed by atoms with Crippen molar-refractivity contribution in [2.75, 3.05) is 11.9 Å². The van der Waals surface area contributed by atoms with Crippen molar-refractivity contribution in [3.8, 4) is 0 Å². The number of carbonyl (C=O) groups is 1. The topological polar surface area (TPSA) is 29.1 Å². The fraction of sp³-hybridized carbons (Fsp3) is 0.364. The van der Waals surface area contributed by atoms with Crippen LogP contribution < -0.4 is 5.32 Å². The Kier molecular flexibility index (Phi) is 5.95. The van der Waals surface area contributed by atoms with Crippen molar-refractivity contribution in [3.05, 3.63) is 34.3 Å². The molecule has 4 heteroatoms. The number of rotatable bonds is 5. The Balaban J connectivity index is 2.37. The predicted octanol–water partition coefficient (Wildman–Crippen LogP) is 2.89. The predicted molar refractivity (Wildman–Crippen MR) is 69.3 cm³/mol. The molecule has 1 aromatic rings. The molecular weight excluding hydrogens is 322 g/mol. The number of halogens is 2. The summed E-state index contributed by atoms with van der Waals surface area (Å²) in [6, 6.07) is 7.80. The van der Waals surface area contributed by atoms with Gasteiger partial charge in [-0.2, -0.15) is 0 Å². The molecule has 2 nitrogen and oxygen atoms in total. The number of benzene rings is 1. The van der Waals surface area contributed by atoms with E-state index in [1.165, 1.54) is 0 Å². The molecule has 82 valence electrons. The van der Waals surface area contributed by atoms with Gasteiger partial charge in [0.25, 0.3) is 0 Å². The Morgan fingerprint density at radius 3 is 2.87 bits per heavy atom.